The summed E-state index contributed by atoms with van der Waals surface area (Å²) in [7, 11) is 1.86. The number of nitrogens with zero attached hydrogens (tertiary/aromatic N) is 5. The molecule has 7 heteroatoms. The molecule has 0 bridgehead atoms. The van der Waals surface area contributed by atoms with Gasteiger partial charge in [-0.1, -0.05) is 0 Å². The van der Waals surface area contributed by atoms with E-state index in [1.807, 2.05) is 18.7 Å². The molecule has 0 aromatic carbocycles. The van der Waals surface area contributed by atoms with Crippen molar-refractivity contribution in [2.75, 3.05) is 17.6 Å². The third-order valence-electron chi connectivity index (χ3n) is 2.91. The van der Waals surface area contributed by atoms with Crippen molar-refractivity contribution in [3.05, 3.63) is 17.8 Å². The second-order valence-electron chi connectivity index (χ2n) is 4.90. The molecule has 19 heavy (non-hydrogen) atoms. The molecule has 3 N–H and O–H groups in total. The number of anilines is 2. The van der Waals surface area contributed by atoms with Crippen molar-refractivity contribution in [2.45, 2.75) is 33.2 Å². The monoisotopic (exact) mass is 263 g/mol. The van der Waals surface area contributed by atoms with Crippen LogP contribution in [-0.2, 0) is 13.5 Å². The molecule has 104 valence electrons. The van der Waals surface area contributed by atoms with Gasteiger partial charge in [-0.25, -0.2) is 9.67 Å². The first kappa shape index (κ1) is 13.4. The first-order valence-electron chi connectivity index (χ1n) is 6.42. The Balaban J connectivity index is 2.03. The molecule has 2 rings (SSSR count). The Morgan fingerprint density at radius 3 is 2.68 bits per heavy atom. The summed E-state index contributed by atoms with van der Waals surface area (Å²) < 4.78 is 3.61. The Morgan fingerprint density at radius 2 is 2.11 bits per heavy atom. The summed E-state index contributed by atoms with van der Waals surface area (Å²) in [6.07, 6.45) is 2.45. The molecule has 0 aliphatic rings. The predicted octanol–water partition coefficient (Wildman–Crippen LogP) is 1.14. The average Bonchev–Trinajstić information content (AvgIpc) is 2.87. The van der Waals surface area contributed by atoms with E-state index in [9.17, 15) is 0 Å². The van der Waals surface area contributed by atoms with Crippen molar-refractivity contribution in [3.8, 4) is 0 Å². The maximum atomic E-state index is 6.04. The van der Waals surface area contributed by atoms with E-state index < -0.39 is 0 Å². The van der Waals surface area contributed by atoms with Crippen LogP contribution in [0.1, 0.15) is 31.4 Å². The molecule has 0 aliphatic carbocycles. The molecule has 7 nitrogen and oxygen atoms in total. The quantitative estimate of drug-likeness (QED) is 0.844. The van der Waals surface area contributed by atoms with Gasteiger partial charge in [-0.05, 0) is 20.8 Å². The number of hydrogen-bond donors (Lipinski definition) is 2. The molecular weight excluding hydrogens is 242 g/mol. The lowest BCUT2D eigenvalue weighted by Crippen LogP contribution is -2.13. The van der Waals surface area contributed by atoms with Crippen LogP contribution in [0.4, 0.5) is 11.5 Å². The second kappa shape index (κ2) is 5.29. The number of hydrogen-bond acceptors (Lipinski definition) is 5. The van der Waals surface area contributed by atoms with Crippen molar-refractivity contribution in [2.24, 2.45) is 7.05 Å². The van der Waals surface area contributed by atoms with Crippen molar-refractivity contribution in [1.82, 2.24) is 24.5 Å². The molecule has 0 atom stereocenters. The SMILES string of the molecule is Cc1nn(C(C)C)c(NCCc2ncn(C)n2)c1N. The van der Waals surface area contributed by atoms with E-state index in [1.54, 1.807) is 11.0 Å². The van der Waals surface area contributed by atoms with Gasteiger partial charge in [0.15, 0.2) is 5.82 Å². The van der Waals surface area contributed by atoms with Crippen LogP contribution in [0.5, 0.6) is 0 Å². The molecule has 0 amide bonds. The minimum absolute atomic E-state index is 0.270. The summed E-state index contributed by atoms with van der Waals surface area (Å²) in [5.74, 6) is 1.70. The van der Waals surface area contributed by atoms with Gasteiger partial charge in [-0.2, -0.15) is 10.2 Å². The fraction of sp³-hybridized carbons (Fsp3) is 0.583. The minimum atomic E-state index is 0.270. The standard InChI is InChI=1S/C12H21N7/c1-8(2)19-12(11(13)9(3)16-19)14-6-5-10-15-7-18(4)17-10/h7-8,14H,5-6,13H2,1-4H3. The maximum Gasteiger partial charge on any atom is 0.152 e. The zero-order valence-electron chi connectivity index (χ0n) is 11.9. The van der Waals surface area contributed by atoms with Crippen LogP contribution in [0.3, 0.4) is 0 Å². The molecule has 0 aliphatic heterocycles. The fourth-order valence-corrected chi connectivity index (χ4v) is 1.90. The summed E-state index contributed by atoms with van der Waals surface area (Å²) >= 11 is 0. The van der Waals surface area contributed by atoms with Gasteiger partial charge in [0.05, 0.1) is 11.4 Å². The molecule has 2 aromatic heterocycles. The molecule has 2 heterocycles. The Hall–Kier alpha value is -2.05. The topological polar surface area (TPSA) is 86.6 Å². The van der Waals surface area contributed by atoms with Gasteiger partial charge in [0, 0.05) is 26.1 Å². The number of aromatic nitrogens is 5. The molecule has 0 radical (unpaired) electrons. The van der Waals surface area contributed by atoms with Gasteiger partial charge in [0.2, 0.25) is 0 Å². The predicted molar refractivity (Wildman–Crippen MR) is 75.0 cm³/mol. The van der Waals surface area contributed by atoms with E-state index in [0.717, 1.165) is 30.3 Å². The van der Waals surface area contributed by atoms with E-state index in [4.69, 9.17) is 5.73 Å². The average molecular weight is 263 g/mol. The van der Waals surface area contributed by atoms with E-state index in [0.29, 0.717) is 5.69 Å². The van der Waals surface area contributed by atoms with Crippen molar-refractivity contribution < 1.29 is 0 Å². The Labute approximate surface area is 112 Å². The van der Waals surface area contributed by atoms with E-state index in [2.05, 4.69) is 34.3 Å². The summed E-state index contributed by atoms with van der Waals surface area (Å²) in [4.78, 5) is 4.19. The zero-order valence-corrected chi connectivity index (χ0v) is 11.9. The van der Waals surface area contributed by atoms with Gasteiger partial charge in [-0.15, -0.1) is 0 Å². The number of nitrogens with one attached hydrogen (secondary N) is 1. The van der Waals surface area contributed by atoms with E-state index in [1.165, 1.54) is 0 Å². The minimum Gasteiger partial charge on any atom is -0.394 e. The van der Waals surface area contributed by atoms with Crippen LogP contribution >= 0.6 is 0 Å². The first-order valence-corrected chi connectivity index (χ1v) is 6.42. The Kier molecular flexibility index (Phi) is 3.73. The van der Waals surface area contributed by atoms with Gasteiger partial charge < -0.3 is 11.1 Å². The van der Waals surface area contributed by atoms with Crippen LogP contribution in [0.15, 0.2) is 6.33 Å². The largest absolute Gasteiger partial charge is 0.394 e. The van der Waals surface area contributed by atoms with Crippen molar-refractivity contribution in [1.29, 1.82) is 0 Å². The molecular formula is C12H21N7. The smallest absolute Gasteiger partial charge is 0.152 e. The van der Waals surface area contributed by atoms with Gasteiger partial charge >= 0.3 is 0 Å². The van der Waals surface area contributed by atoms with Crippen molar-refractivity contribution >= 4 is 11.5 Å². The number of aryl methyl sites for hydroxylation is 2. The van der Waals surface area contributed by atoms with E-state index >= 15 is 0 Å². The van der Waals surface area contributed by atoms with Crippen molar-refractivity contribution in [3.63, 3.8) is 0 Å². The molecule has 2 aromatic rings. The first-order chi connectivity index (χ1) is 8.99. The summed E-state index contributed by atoms with van der Waals surface area (Å²) in [5.41, 5.74) is 7.61. The van der Waals surface area contributed by atoms with Crippen LogP contribution in [-0.4, -0.2) is 31.1 Å². The molecule has 0 saturated heterocycles. The van der Waals surface area contributed by atoms with Gasteiger partial charge in [0.25, 0.3) is 0 Å². The lowest BCUT2D eigenvalue weighted by molar-refractivity contribution is 0.534. The van der Waals surface area contributed by atoms with Crippen LogP contribution in [0.25, 0.3) is 0 Å². The van der Waals surface area contributed by atoms with Gasteiger partial charge in [0.1, 0.15) is 12.1 Å². The molecule has 0 unspecified atom stereocenters. The van der Waals surface area contributed by atoms with Crippen LogP contribution in [0.2, 0.25) is 0 Å². The third kappa shape index (κ3) is 2.86. The van der Waals surface area contributed by atoms with Gasteiger partial charge in [-0.3, -0.25) is 4.68 Å². The Bertz CT molecular complexity index is 552. The van der Waals surface area contributed by atoms with Crippen LogP contribution < -0.4 is 11.1 Å². The maximum absolute atomic E-state index is 6.04. The highest BCUT2D eigenvalue weighted by Gasteiger charge is 2.14. The second-order valence-corrected chi connectivity index (χ2v) is 4.90. The third-order valence-corrected chi connectivity index (χ3v) is 2.91. The summed E-state index contributed by atoms with van der Waals surface area (Å²) in [5, 5.41) is 12.0. The Morgan fingerprint density at radius 1 is 1.37 bits per heavy atom. The highest BCUT2D eigenvalue weighted by atomic mass is 15.4. The number of rotatable bonds is 5. The molecule has 0 fully saturated rings. The normalized spacial score (nSPS) is 11.2. The van der Waals surface area contributed by atoms with Crippen LogP contribution in [0, 0.1) is 6.92 Å². The number of nitrogen functional groups attached to an aromatic ring is 1. The molecule has 0 spiro atoms. The fourth-order valence-electron chi connectivity index (χ4n) is 1.90. The highest BCUT2D eigenvalue weighted by molar-refractivity contribution is 5.64. The zero-order chi connectivity index (χ0) is 14.0. The lowest BCUT2D eigenvalue weighted by Gasteiger charge is -2.12. The highest BCUT2D eigenvalue weighted by Crippen LogP contribution is 2.25. The lowest BCUT2D eigenvalue weighted by atomic mass is 10.3. The molecule has 0 saturated carbocycles. The number of nitrogens with two attached hydrogens (primary N) is 1. The summed E-state index contributed by atoms with van der Waals surface area (Å²) in [6.45, 7) is 6.81. The van der Waals surface area contributed by atoms with E-state index in [-0.39, 0.29) is 6.04 Å². The summed E-state index contributed by atoms with van der Waals surface area (Å²) in [6, 6.07) is 0.270.